The topological polar surface area (TPSA) is 85.3 Å². The number of benzene rings is 2. The van der Waals surface area contributed by atoms with E-state index in [2.05, 4.69) is 0 Å². The Hall–Kier alpha value is -3.48. The largest absolute Gasteiger partial charge is 0.467 e. The van der Waals surface area contributed by atoms with E-state index < -0.39 is 24.0 Å². The van der Waals surface area contributed by atoms with Crippen molar-refractivity contribution in [1.29, 1.82) is 0 Å². The molecular weight excluding hydrogens is 420 g/mol. The van der Waals surface area contributed by atoms with E-state index >= 15 is 0 Å². The Labute approximate surface area is 194 Å². The third-order valence-electron chi connectivity index (χ3n) is 5.62. The summed E-state index contributed by atoms with van der Waals surface area (Å²) >= 11 is 0. The van der Waals surface area contributed by atoms with Gasteiger partial charge in [0.15, 0.2) is 0 Å². The lowest BCUT2D eigenvalue weighted by atomic mass is 9.97. The van der Waals surface area contributed by atoms with Gasteiger partial charge in [0.05, 0.1) is 19.4 Å². The van der Waals surface area contributed by atoms with Crippen LogP contribution in [0, 0.1) is 5.92 Å². The van der Waals surface area contributed by atoms with E-state index in [0.29, 0.717) is 12.1 Å². The lowest BCUT2D eigenvalue weighted by Gasteiger charge is -2.18. The molecule has 1 saturated heterocycles. The molecule has 2 amide bonds. The first kappa shape index (κ1) is 24.2. The summed E-state index contributed by atoms with van der Waals surface area (Å²) < 4.78 is 10.2. The number of methoxy groups -OCH3 is 1. The van der Waals surface area contributed by atoms with Crippen molar-refractivity contribution >= 4 is 23.7 Å². The Morgan fingerprint density at radius 1 is 1.06 bits per heavy atom. The molecule has 174 valence electrons. The number of unbranched alkanes of at least 4 members (excludes halogenated alkanes) is 1. The fourth-order valence-corrected chi connectivity index (χ4v) is 3.79. The molecule has 2 aromatic rings. The highest BCUT2D eigenvalue weighted by Crippen LogP contribution is 2.26. The lowest BCUT2D eigenvalue weighted by molar-refractivity contribution is -0.142. The van der Waals surface area contributed by atoms with Crippen LogP contribution in [0.15, 0.2) is 65.7 Å². The van der Waals surface area contributed by atoms with Gasteiger partial charge < -0.3 is 9.47 Å². The smallest absolute Gasteiger partial charge is 0.416 e. The standard InChI is InChI=1S/C26H30N2O5/c1-3-4-17-33-26(31)28-16-15-21(24(28)29)18-22(25(30)32-2)27-23(19-11-7-5-8-12-19)20-13-9-6-10-14-20/h5-14,21-22H,3-4,15-18H2,1-2H3/t21-,22-/m0/s1. The zero-order valence-corrected chi connectivity index (χ0v) is 19.1. The Morgan fingerprint density at radius 3 is 2.21 bits per heavy atom. The van der Waals surface area contributed by atoms with Crippen LogP contribution in [0.3, 0.4) is 0 Å². The van der Waals surface area contributed by atoms with Crippen molar-refractivity contribution in [3.63, 3.8) is 0 Å². The Kier molecular flexibility index (Phi) is 8.75. The van der Waals surface area contributed by atoms with E-state index in [4.69, 9.17) is 14.5 Å². The molecule has 0 aliphatic carbocycles. The molecule has 0 bridgehead atoms. The summed E-state index contributed by atoms with van der Waals surface area (Å²) in [5.41, 5.74) is 2.36. The van der Waals surface area contributed by atoms with E-state index in [0.717, 1.165) is 28.9 Å². The minimum atomic E-state index is -0.879. The van der Waals surface area contributed by atoms with Crippen LogP contribution in [0.25, 0.3) is 0 Å². The van der Waals surface area contributed by atoms with E-state index in [1.807, 2.05) is 67.6 Å². The van der Waals surface area contributed by atoms with Crippen LogP contribution in [-0.4, -0.2) is 54.9 Å². The first-order chi connectivity index (χ1) is 16.0. The summed E-state index contributed by atoms with van der Waals surface area (Å²) in [6, 6.07) is 18.3. The van der Waals surface area contributed by atoms with Gasteiger partial charge in [0.1, 0.15) is 6.04 Å². The molecule has 1 heterocycles. The summed E-state index contributed by atoms with van der Waals surface area (Å²) in [5, 5.41) is 0. The summed E-state index contributed by atoms with van der Waals surface area (Å²) in [4.78, 5) is 43.7. The molecule has 2 aromatic carbocycles. The van der Waals surface area contributed by atoms with Crippen LogP contribution >= 0.6 is 0 Å². The van der Waals surface area contributed by atoms with Gasteiger partial charge in [-0.25, -0.2) is 14.5 Å². The normalized spacial score (nSPS) is 16.2. The third-order valence-corrected chi connectivity index (χ3v) is 5.62. The number of carbonyl (C=O) groups is 3. The molecule has 0 N–H and O–H groups in total. The van der Waals surface area contributed by atoms with Crippen LogP contribution in [0.5, 0.6) is 0 Å². The maximum atomic E-state index is 12.9. The highest BCUT2D eigenvalue weighted by atomic mass is 16.6. The first-order valence-corrected chi connectivity index (χ1v) is 11.3. The van der Waals surface area contributed by atoms with Gasteiger partial charge in [-0.1, -0.05) is 74.0 Å². The number of aliphatic imine (C=N–C) groups is 1. The predicted molar refractivity (Wildman–Crippen MR) is 125 cm³/mol. The van der Waals surface area contributed by atoms with Gasteiger partial charge in [-0.15, -0.1) is 0 Å². The summed E-state index contributed by atoms with van der Waals surface area (Å²) in [6.07, 6.45) is 1.64. The first-order valence-electron chi connectivity index (χ1n) is 11.3. The Morgan fingerprint density at radius 2 is 1.67 bits per heavy atom. The number of hydrogen-bond acceptors (Lipinski definition) is 6. The predicted octanol–water partition coefficient (Wildman–Crippen LogP) is 4.24. The molecule has 0 aromatic heterocycles. The average molecular weight is 451 g/mol. The van der Waals surface area contributed by atoms with Gasteiger partial charge in [-0.05, 0) is 19.3 Å². The van der Waals surface area contributed by atoms with Gasteiger partial charge in [0, 0.05) is 23.6 Å². The lowest BCUT2D eigenvalue weighted by Crippen LogP contribution is -2.35. The number of hydrogen-bond donors (Lipinski definition) is 0. The van der Waals surface area contributed by atoms with Crippen molar-refractivity contribution in [2.24, 2.45) is 10.9 Å². The molecule has 1 fully saturated rings. The van der Waals surface area contributed by atoms with Crippen LogP contribution in [-0.2, 0) is 19.1 Å². The maximum absolute atomic E-state index is 12.9. The number of imide groups is 1. The van der Waals surface area contributed by atoms with Gasteiger partial charge in [0.25, 0.3) is 0 Å². The van der Waals surface area contributed by atoms with Crippen molar-refractivity contribution in [3.05, 3.63) is 71.8 Å². The van der Waals surface area contributed by atoms with Gasteiger partial charge >= 0.3 is 12.1 Å². The molecule has 1 aliphatic rings. The second-order valence-electron chi connectivity index (χ2n) is 7.93. The second kappa shape index (κ2) is 11.9. The molecule has 2 atom stereocenters. The van der Waals surface area contributed by atoms with Crippen molar-refractivity contribution < 1.29 is 23.9 Å². The molecule has 33 heavy (non-hydrogen) atoms. The SMILES string of the molecule is CCCCOC(=O)N1CC[C@@H](C[C@H](N=C(c2ccccc2)c2ccccc2)C(=O)OC)C1=O. The molecular formula is C26H30N2O5. The van der Waals surface area contributed by atoms with E-state index in [1.165, 1.54) is 7.11 Å². The Balaban J connectivity index is 1.83. The molecule has 0 spiro atoms. The third kappa shape index (κ3) is 6.28. The van der Waals surface area contributed by atoms with Gasteiger partial charge in [-0.2, -0.15) is 0 Å². The molecule has 7 nitrogen and oxygen atoms in total. The van der Waals surface area contributed by atoms with Crippen LogP contribution < -0.4 is 0 Å². The number of ether oxygens (including phenoxy) is 2. The van der Waals surface area contributed by atoms with Crippen LogP contribution in [0.1, 0.15) is 43.7 Å². The van der Waals surface area contributed by atoms with Crippen molar-refractivity contribution in [3.8, 4) is 0 Å². The maximum Gasteiger partial charge on any atom is 0.416 e. The summed E-state index contributed by atoms with van der Waals surface area (Å²) in [7, 11) is 1.31. The monoisotopic (exact) mass is 450 g/mol. The molecule has 7 heteroatoms. The molecule has 3 rings (SSSR count). The zero-order valence-electron chi connectivity index (χ0n) is 19.1. The minimum Gasteiger partial charge on any atom is -0.467 e. The molecule has 1 aliphatic heterocycles. The van der Waals surface area contributed by atoms with Crippen LogP contribution in [0.2, 0.25) is 0 Å². The average Bonchev–Trinajstić information content (AvgIpc) is 3.22. The van der Waals surface area contributed by atoms with Crippen molar-refractivity contribution in [2.75, 3.05) is 20.3 Å². The number of esters is 1. The number of rotatable bonds is 9. The summed E-state index contributed by atoms with van der Waals surface area (Å²) in [5.74, 6) is -1.36. The fraction of sp³-hybridized carbons (Fsp3) is 0.385. The number of nitrogens with zero attached hydrogens (tertiary/aromatic N) is 2. The van der Waals surface area contributed by atoms with E-state index in [1.54, 1.807) is 0 Å². The second-order valence-corrected chi connectivity index (χ2v) is 7.93. The number of likely N-dealkylation sites (tertiary alicyclic amines) is 1. The molecule has 0 radical (unpaired) electrons. The molecule has 0 unspecified atom stereocenters. The highest BCUT2D eigenvalue weighted by Gasteiger charge is 2.39. The van der Waals surface area contributed by atoms with Crippen molar-refractivity contribution in [1.82, 2.24) is 4.90 Å². The van der Waals surface area contributed by atoms with E-state index in [9.17, 15) is 14.4 Å². The molecule has 0 saturated carbocycles. The number of amides is 2. The summed E-state index contributed by atoms with van der Waals surface area (Å²) in [6.45, 7) is 2.56. The van der Waals surface area contributed by atoms with Crippen LogP contribution in [0.4, 0.5) is 4.79 Å². The van der Waals surface area contributed by atoms with Gasteiger partial charge in [0.2, 0.25) is 5.91 Å². The quantitative estimate of drug-likeness (QED) is 0.324. The van der Waals surface area contributed by atoms with Gasteiger partial charge in [-0.3, -0.25) is 9.79 Å². The van der Waals surface area contributed by atoms with Crippen molar-refractivity contribution in [2.45, 2.75) is 38.6 Å². The Bertz CT molecular complexity index is 933. The number of carbonyl (C=O) groups excluding carboxylic acids is 3. The fourth-order valence-electron chi connectivity index (χ4n) is 3.79. The minimum absolute atomic E-state index is 0.160. The van der Waals surface area contributed by atoms with E-state index in [-0.39, 0.29) is 25.5 Å². The zero-order chi connectivity index (χ0) is 23.6. The highest BCUT2D eigenvalue weighted by molar-refractivity contribution is 6.13.